The van der Waals surface area contributed by atoms with E-state index in [1.54, 1.807) is 12.1 Å². The molecule has 0 bridgehead atoms. The number of carbonyl (C=O) groups is 1. The van der Waals surface area contributed by atoms with Gasteiger partial charge in [-0.2, -0.15) is 8.78 Å². The Bertz CT molecular complexity index is 1060. The number of halogens is 2. The van der Waals surface area contributed by atoms with Crippen molar-refractivity contribution >= 4 is 17.7 Å². The average Bonchev–Trinajstić information content (AvgIpc) is 3.13. The zero-order valence-corrected chi connectivity index (χ0v) is 20.0. The van der Waals surface area contributed by atoms with Crippen LogP contribution in [0.25, 0.3) is 11.4 Å². The Balaban J connectivity index is 1.47. The Morgan fingerprint density at radius 2 is 1.76 bits per heavy atom. The minimum absolute atomic E-state index is 0.0823. The first kappa shape index (κ1) is 24.7. The molecule has 0 saturated carbocycles. The van der Waals surface area contributed by atoms with Crippen molar-refractivity contribution in [2.24, 2.45) is 7.05 Å². The number of rotatable bonds is 9. The van der Waals surface area contributed by atoms with Crippen molar-refractivity contribution in [1.29, 1.82) is 0 Å². The molecule has 3 rings (SSSR count). The van der Waals surface area contributed by atoms with Gasteiger partial charge in [0.2, 0.25) is 5.91 Å². The summed E-state index contributed by atoms with van der Waals surface area (Å²) in [4.78, 5) is 12.2. The number of carbonyl (C=O) groups excluding carboxylic acids is 1. The summed E-state index contributed by atoms with van der Waals surface area (Å²) in [6.07, 6.45) is 0.587. The molecule has 0 spiro atoms. The van der Waals surface area contributed by atoms with E-state index in [9.17, 15) is 13.6 Å². The Morgan fingerprint density at radius 1 is 1.09 bits per heavy atom. The highest BCUT2D eigenvalue weighted by molar-refractivity contribution is 7.99. The summed E-state index contributed by atoms with van der Waals surface area (Å²) in [7, 11) is 1.88. The number of benzene rings is 2. The highest BCUT2D eigenvalue weighted by Gasteiger charge is 2.16. The van der Waals surface area contributed by atoms with Crippen LogP contribution in [0.2, 0.25) is 0 Å². The number of ether oxygens (including phenoxy) is 1. The van der Waals surface area contributed by atoms with E-state index >= 15 is 0 Å². The summed E-state index contributed by atoms with van der Waals surface area (Å²) in [6, 6.07) is 14.7. The number of hydrogen-bond donors (Lipinski definition) is 1. The number of hydrogen-bond acceptors (Lipinski definition) is 5. The Morgan fingerprint density at radius 3 is 2.36 bits per heavy atom. The fourth-order valence-corrected chi connectivity index (χ4v) is 3.92. The molecule has 0 unspecified atom stereocenters. The molecule has 0 aliphatic heterocycles. The largest absolute Gasteiger partial charge is 0.435 e. The van der Waals surface area contributed by atoms with Crippen LogP contribution in [-0.2, 0) is 23.7 Å². The fraction of sp³-hybridized carbons (Fsp3) is 0.375. The molecule has 33 heavy (non-hydrogen) atoms. The van der Waals surface area contributed by atoms with E-state index in [1.165, 1.54) is 29.5 Å². The average molecular weight is 475 g/mol. The first-order valence-corrected chi connectivity index (χ1v) is 11.6. The molecule has 1 heterocycles. The molecule has 0 fully saturated rings. The van der Waals surface area contributed by atoms with E-state index in [-0.39, 0.29) is 22.8 Å². The van der Waals surface area contributed by atoms with E-state index in [0.29, 0.717) is 18.1 Å². The van der Waals surface area contributed by atoms with Gasteiger partial charge in [-0.3, -0.25) is 4.79 Å². The molecule has 1 N–H and O–H groups in total. The van der Waals surface area contributed by atoms with Crippen molar-refractivity contribution in [3.63, 3.8) is 0 Å². The Labute approximate surface area is 196 Å². The topological polar surface area (TPSA) is 69.0 Å². The molecule has 3 aromatic rings. The molecule has 0 aliphatic carbocycles. The monoisotopic (exact) mass is 474 g/mol. The van der Waals surface area contributed by atoms with Gasteiger partial charge in [0.15, 0.2) is 11.0 Å². The third kappa shape index (κ3) is 7.02. The van der Waals surface area contributed by atoms with Crippen LogP contribution in [0.4, 0.5) is 8.78 Å². The van der Waals surface area contributed by atoms with E-state index in [1.807, 2.05) is 23.7 Å². The maximum atomic E-state index is 12.2. The van der Waals surface area contributed by atoms with Gasteiger partial charge in [0.25, 0.3) is 0 Å². The van der Waals surface area contributed by atoms with Crippen LogP contribution in [0.1, 0.15) is 31.9 Å². The van der Waals surface area contributed by atoms with E-state index < -0.39 is 6.61 Å². The maximum Gasteiger partial charge on any atom is 0.387 e. The molecule has 2 aromatic carbocycles. The Hall–Kier alpha value is -2.94. The van der Waals surface area contributed by atoms with Crippen LogP contribution < -0.4 is 10.1 Å². The molecule has 9 heteroatoms. The van der Waals surface area contributed by atoms with Gasteiger partial charge in [0.1, 0.15) is 5.75 Å². The van der Waals surface area contributed by atoms with Crippen LogP contribution in [0.3, 0.4) is 0 Å². The number of alkyl halides is 2. The van der Waals surface area contributed by atoms with Crippen molar-refractivity contribution in [1.82, 2.24) is 20.1 Å². The summed E-state index contributed by atoms with van der Waals surface area (Å²) in [5, 5.41) is 12.0. The van der Waals surface area contributed by atoms with Gasteiger partial charge in [-0.1, -0.05) is 68.9 Å². The zero-order valence-electron chi connectivity index (χ0n) is 19.1. The minimum atomic E-state index is -2.84. The van der Waals surface area contributed by atoms with Crippen molar-refractivity contribution in [3.05, 3.63) is 59.7 Å². The summed E-state index contributed by atoms with van der Waals surface area (Å²) >= 11 is 1.32. The van der Waals surface area contributed by atoms with Gasteiger partial charge < -0.3 is 14.6 Å². The molecule has 0 saturated heterocycles. The van der Waals surface area contributed by atoms with Crippen LogP contribution >= 0.6 is 11.8 Å². The van der Waals surface area contributed by atoms with Gasteiger partial charge in [-0.15, -0.1) is 10.2 Å². The van der Waals surface area contributed by atoms with E-state index in [4.69, 9.17) is 0 Å². The van der Waals surface area contributed by atoms with Gasteiger partial charge >= 0.3 is 6.61 Å². The molecule has 0 atom stereocenters. The van der Waals surface area contributed by atoms with Crippen molar-refractivity contribution in [3.8, 4) is 17.1 Å². The highest BCUT2D eigenvalue weighted by Crippen LogP contribution is 2.27. The number of aromatic nitrogens is 3. The van der Waals surface area contributed by atoms with Crippen LogP contribution in [0.15, 0.2) is 53.7 Å². The lowest BCUT2D eigenvalue weighted by Gasteiger charge is -2.19. The standard InChI is InChI=1S/C24H28F2N4O2S/c1-24(2,3)18-9-7-17(8-10-18)21-28-29-23(30(21)4)33-15-20(31)27-14-13-16-5-11-19(12-6-16)32-22(25)26/h5-12,22H,13-15H2,1-4H3,(H,27,31). The van der Waals surface area contributed by atoms with Gasteiger partial charge in [0.05, 0.1) is 5.75 Å². The summed E-state index contributed by atoms with van der Waals surface area (Å²) in [5.74, 6) is 0.965. The second-order valence-electron chi connectivity index (χ2n) is 8.60. The zero-order chi connectivity index (χ0) is 24.0. The second-order valence-corrected chi connectivity index (χ2v) is 9.55. The predicted octanol–water partition coefficient (Wildman–Crippen LogP) is 4.83. The first-order valence-electron chi connectivity index (χ1n) is 10.6. The summed E-state index contributed by atoms with van der Waals surface area (Å²) < 4.78 is 30.6. The van der Waals surface area contributed by atoms with E-state index in [2.05, 4.69) is 53.2 Å². The lowest BCUT2D eigenvalue weighted by molar-refractivity contribution is -0.118. The SMILES string of the molecule is Cn1c(SCC(=O)NCCc2ccc(OC(F)F)cc2)nnc1-c1ccc(C(C)(C)C)cc1. The molecule has 0 radical (unpaired) electrons. The molecular formula is C24H28F2N4O2S. The molecule has 6 nitrogen and oxygen atoms in total. The van der Waals surface area contributed by atoms with Gasteiger partial charge in [0, 0.05) is 19.2 Å². The second kappa shape index (κ2) is 10.8. The normalized spacial score (nSPS) is 11.6. The van der Waals surface area contributed by atoms with Crippen LogP contribution in [0.5, 0.6) is 5.75 Å². The Kier molecular flexibility index (Phi) is 8.07. The smallest absolute Gasteiger partial charge is 0.387 e. The molecule has 1 aromatic heterocycles. The number of nitrogens with zero attached hydrogens (tertiary/aromatic N) is 3. The molecular weight excluding hydrogens is 446 g/mol. The molecule has 1 amide bonds. The van der Waals surface area contributed by atoms with E-state index in [0.717, 1.165) is 17.0 Å². The quantitative estimate of drug-likeness (QED) is 0.450. The third-order valence-electron chi connectivity index (χ3n) is 5.06. The third-order valence-corrected chi connectivity index (χ3v) is 6.08. The predicted molar refractivity (Wildman–Crippen MR) is 126 cm³/mol. The summed E-state index contributed by atoms with van der Waals surface area (Å²) in [5.41, 5.74) is 3.22. The van der Waals surface area contributed by atoms with Gasteiger partial charge in [-0.05, 0) is 35.1 Å². The molecule has 176 valence electrons. The van der Waals surface area contributed by atoms with Crippen molar-refractivity contribution in [2.75, 3.05) is 12.3 Å². The number of thioether (sulfide) groups is 1. The lowest BCUT2D eigenvalue weighted by Crippen LogP contribution is -2.27. The van der Waals surface area contributed by atoms with Crippen molar-refractivity contribution in [2.45, 2.75) is 44.4 Å². The fourth-order valence-electron chi connectivity index (χ4n) is 3.18. The number of amides is 1. The van der Waals surface area contributed by atoms with Gasteiger partial charge in [-0.25, -0.2) is 0 Å². The first-order chi connectivity index (χ1) is 15.6. The lowest BCUT2D eigenvalue weighted by atomic mass is 9.87. The summed E-state index contributed by atoms with van der Waals surface area (Å²) in [6.45, 7) is 4.12. The van der Waals surface area contributed by atoms with Crippen LogP contribution in [0, 0.1) is 0 Å². The maximum absolute atomic E-state index is 12.2. The highest BCUT2D eigenvalue weighted by atomic mass is 32.2. The number of nitrogens with one attached hydrogen (secondary N) is 1. The molecule has 0 aliphatic rings. The minimum Gasteiger partial charge on any atom is -0.435 e. The van der Waals surface area contributed by atoms with Crippen LogP contribution in [-0.4, -0.2) is 39.6 Å². The van der Waals surface area contributed by atoms with Crippen molar-refractivity contribution < 1.29 is 18.3 Å².